The van der Waals surface area contributed by atoms with Crippen LogP contribution in [0, 0.1) is 0 Å². The lowest BCUT2D eigenvalue weighted by Crippen LogP contribution is -3.13. The summed E-state index contributed by atoms with van der Waals surface area (Å²) in [6.45, 7) is 3.24. The van der Waals surface area contributed by atoms with Crippen LogP contribution in [0.5, 0.6) is 5.75 Å². The van der Waals surface area contributed by atoms with E-state index in [2.05, 4.69) is 0 Å². The van der Waals surface area contributed by atoms with E-state index < -0.39 is 6.10 Å². The maximum Gasteiger partial charge on any atom is 0.156 e. The van der Waals surface area contributed by atoms with Gasteiger partial charge in [-0.1, -0.05) is 35.7 Å². The molecule has 1 atom stereocenters. The zero-order chi connectivity index (χ0) is 15.1. The summed E-state index contributed by atoms with van der Waals surface area (Å²) in [5, 5.41) is 11.1. The quantitative estimate of drug-likeness (QED) is 0.868. The molecule has 0 bridgehead atoms. The van der Waals surface area contributed by atoms with Crippen molar-refractivity contribution in [2.75, 3.05) is 26.2 Å². The van der Waals surface area contributed by atoms with E-state index in [1.165, 1.54) is 37.0 Å². The fraction of sp³-hybridized carbons (Fsp3) is 0.625. The Morgan fingerprint density at radius 3 is 2.24 bits per heavy atom. The summed E-state index contributed by atoms with van der Waals surface area (Å²) < 4.78 is 5.60. The van der Waals surface area contributed by atoms with Gasteiger partial charge in [-0.2, -0.15) is 0 Å². The van der Waals surface area contributed by atoms with Gasteiger partial charge in [0.2, 0.25) is 0 Å². The molecule has 3 nitrogen and oxygen atoms in total. The Labute approximate surface area is 136 Å². The van der Waals surface area contributed by atoms with E-state index in [4.69, 9.17) is 27.9 Å². The van der Waals surface area contributed by atoms with Gasteiger partial charge in [-0.15, -0.1) is 0 Å². The molecule has 5 heteroatoms. The van der Waals surface area contributed by atoms with Gasteiger partial charge in [-0.3, -0.25) is 0 Å². The summed E-state index contributed by atoms with van der Waals surface area (Å²) in [6, 6.07) is 5.25. The first-order chi connectivity index (χ1) is 10.2. The Hall–Kier alpha value is -0.480. The van der Waals surface area contributed by atoms with Gasteiger partial charge < -0.3 is 14.7 Å². The van der Waals surface area contributed by atoms with E-state index >= 15 is 0 Å². The highest BCUT2D eigenvalue weighted by molar-refractivity contribution is 6.37. The number of hydrogen-bond acceptors (Lipinski definition) is 2. The SMILES string of the molecule is O[C@H](COc1c(Cl)cccc1Cl)C[NH+]1CCCCCCC1. The number of ether oxygens (including phenoxy) is 1. The summed E-state index contributed by atoms with van der Waals surface area (Å²) in [4.78, 5) is 1.47. The Morgan fingerprint density at radius 2 is 1.62 bits per heavy atom. The third-order valence-corrected chi connectivity index (χ3v) is 4.52. The predicted octanol–water partition coefficient (Wildman–Crippen LogP) is 2.58. The highest BCUT2D eigenvalue weighted by Crippen LogP contribution is 2.32. The van der Waals surface area contributed by atoms with Crippen molar-refractivity contribution in [2.45, 2.75) is 38.2 Å². The van der Waals surface area contributed by atoms with Crippen LogP contribution in [0.4, 0.5) is 0 Å². The number of benzene rings is 1. The number of halogens is 2. The number of quaternary nitrogens is 1. The van der Waals surface area contributed by atoms with Crippen LogP contribution in [0.15, 0.2) is 18.2 Å². The van der Waals surface area contributed by atoms with Gasteiger partial charge in [0.15, 0.2) is 5.75 Å². The van der Waals surface area contributed by atoms with E-state index in [0.717, 1.165) is 19.6 Å². The van der Waals surface area contributed by atoms with Crippen LogP contribution in [-0.2, 0) is 0 Å². The molecule has 2 rings (SSSR count). The van der Waals surface area contributed by atoms with Crippen molar-refractivity contribution in [3.8, 4) is 5.75 Å². The number of para-hydroxylation sites is 1. The van der Waals surface area contributed by atoms with Crippen molar-refractivity contribution in [1.82, 2.24) is 0 Å². The maximum atomic E-state index is 10.2. The van der Waals surface area contributed by atoms with Gasteiger partial charge in [-0.05, 0) is 37.8 Å². The Kier molecular flexibility index (Phi) is 7.11. The van der Waals surface area contributed by atoms with Crippen molar-refractivity contribution in [1.29, 1.82) is 0 Å². The van der Waals surface area contributed by atoms with Crippen LogP contribution in [0.1, 0.15) is 32.1 Å². The van der Waals surface area contributed by atoms with Crippen LogP contribution < -0.4 is 9.64 Å². The van der Waals surface area contributed by atoms with E-state index in [1.807, 2.05) is 0 Å². The van der Waals surface area contributed by atoms with E-state index in [0.29, 0.717) is 15.8 Å². The van der Waals surface area contributed by atoms with Gasteiger partial charge in [0.25, 0.3) is 0 Å². The molecule has 1 fully saturated rings. The first-order valence-electron chi connectivity index (χ1n) is 7.75. The zero-order valence-electron chi connectivity index (χ0n) is 12.3. The van der Waals surface area contributed by atoms with Crippen LogP contribution in [-0.4, -0.2) is 37.5 Å². The van der Waals surface area contributed by atoms with E-state index in [9.17, 15) is 5.11 Å². The van der Waals surface area contributed by atoms with Crippen LogP contribution in [0.3, 0.4) is 0 Å². The molecule has 1 aromatic carbocycles. The summed E-state index contributed by atoms with van der Waals surface area (Å²) in [6.07, 6.45) is 5.98. The number of hydrogen-bond donors (Lipinski definition) is 2. The molecule has 1 heterocycles. The summed E-state index contributed by atoms with van der Waals surface area (Å²) in [5.41, 5.74) is 0. The predicted molar refractivity (Wildman–Crippen MR) is 86.6 cm³/mol. The molecule has 0 aromatic heterocycles. The number of nitrogens with one attached hydrogen (secondary N) is 1. The maximum absolute atomic E-state index is 10.2. The van der Waals surface area contributed by atoms with E-state index in [-0.39, 0.29) is 6.61 Å². The molecule has 2 N–H and O–H groups in total. The Balaban J connectivity index is 1.79. The highest BCUT2D eigenvalue weighted by atomic mass is 35.5. The molecule has 1 aliphatic heterocycles. The van der Waals surface area contributed by atoms with Crippen molar-refractivity contribution < 1.29 is 14.7 Å². The highest BCUT2D eigenvalue weighted by Gasteiger charge is 2.18. The fourth-order valence-electron chi connectivity index (χ4n) is 2.80. The lowest BCUT2D eigenvalue weighted by Gasteiger charge is -2.24. The minimum Gasteiger partial charge on any atom is -0.488 e. The zero-order valence-corrected chi connectivity index (χ0v) is 13.8. The number of aliphatic hydroxyl groups is 1. The molecule has 0 amide bonds. The minimum absolute atomic E-state index is 0.229. The molecule has 21 heavy (non-hydrogen) atoms. The smallest absolute Gasteiger partial charge is 0.156 e. The second-order valence-electron chi connectivity index (χ2n) is 5.74. The van der Waals surface area contributed by atoms with Gasteiger partial charge in [0.05, 0.1) is 23.1 Å². The van der Waals surface area contributed by atoms with Crippen molar-refractivity contribution in [3.63, 3.8) is 0 Å². The van der Waals surface area contributed by atoms with Crippen LogP contribution in [0.25, 0.3) is 0 Å². The molecule has 118 valence electrons. The molecule has 0 aliphatic carbocycles. The summed E-state index contributed by atoms with van der Waals surface area (Å²) >= 11 is 12.1. The molecule has 1 aliphatic rings. The largest absolute Gasteiger partial charge is 0.488 e. The molecule has 0 saturated carbocycles. The standard InChI is InChI=1S/C16H23Cl2NO2/c17-14-7-6-8-15(18)16(14)21-12-13(20)11-19-9-4-2-1-3-5-10-19/h6-8,13,20H,1-5,9-12H2/p+1/t13-/m0/s1. The summed E-state index contributed by atoms with van der Waals surface area (Å²) in [5.74, 6) is 0.461. The average Bonchev–Trinajstić information content (AvgIpc) is 2.41. The monoisotopic (exact) mass is 332 g/mol. The minimum atomic E-state index is -0.494. The second-order valence-corrected chi connectivity index (χ2v) is 6.55. The topological polar surface area (TPSA) is 33.9 Å². The number of rotatable bonds is 5. The van der Waals surface area contributed by atoms with Crippen molar-refractivity contribution in [3.05, 3.63) is 28.2 Å². The molecular weight excluding hydrogens is 309 g/mol. The van der Waals surface area contributed by atoms with E-state index in [1.54, 1.807) is 18.2 Å². The van der Waals surface area contributed by atoms with Crippen molar-refractivity contribution in [2.24, 2.45) is 0 Å². The van der Waals surface area contributed by atoms with Gasteiger partial charge >= 0.3 is 0 Å². The number of likely N-dealkylation sites (tertiary alicyclic amines) is 1. The molecule has 0 spiro atoms. The molecule has 0 radical (unpaired) electrons. The Bertz CT molecular complexity index is 414. The van der Waals surface area contributed by atoms with Gasteiger partial charge in [0, 0.05) is 0 Å². The van der Waals surface area contributed by atoms with Gasteiger partial charge in [-0.25, -0.2) is 0 Å². The third-order valence-electron chi connectivity index (χ3n) is 3.92. The lowest BCUT2D eigenvalue weighted by molar-refractivity contribution is -0.904. The fourth-order valence-corrected chi connectivity index (χ4v) is 3.31. The molecule has 0 unspecified atom stereocenters. The number of aliphatic hydroxyl groups excluding tert-OH is 1. The first kappa shape index (κ1) is 16.9. The third kappa shape index (κ3) is 5.67. The second kappa shape index (κ2) is 8.84. The lowest BCUT2D eigenvalue weighted by atomic mass is 10.1. The van der Waals surface area contributed by atoms with Gasteiger partial charge in [0.1, 0.15) is 19.3 Å². The normalized spacial score (nSPS) is 18.8. The van der Waals surface area contributed by atoms with Crippen LogP contribution in [0.2, 0.25) is 10.0 Å². The van der Waals surface area contributed by atoms with Crippen LogP contribution >= 0.6 is 23.2 Å². The summed E-state index contributed by atoms with van der Waals surface area (Å²) in [7, 11) is 0. The molecule has 1 aromatic rings. The molecule has 1 saturated heterocycles. The molecular formula is C16H24Cl2NO2+. The Morgan fingerprint density at radius 1 is 1.05 bits per heavy atom. The first-order valence-corrected chi connectivity index (χ1v) is 8.51. The average molecular weight is 333 g/mol. The van der Waals surface area contributed by atoms with Crippen molar-refractivity contribution >= 4 is 23.2 Å².